The van der Waals surface area contributed by atoms with E-state index in [0.717, 1.165) is 0 Å². The number of carboxylic acids is 2. The van der Waals surface area contributed by atoms with E-state index < -0.39 is 11.9 Å². The van der Waals surface area contributed by atoms with E-state index in [1.807, 2.05) is 0 Å². The first kappa shape index (κ1) is 12.4. The van der Waals surface area contributed by atoms with E-state index in [2.05, 4.69) is 6.58 Å². The number of aliphatic carboxylic acids is 2. The Labute approximate surface area is 81.3 Å². The van der Waals surface area contributed by atoms with Crippen molar-refractivity contribution in [2.45, 2.75) is 6.42 Å². The summed E-state index contributed by atoms with van der Waals surface area (Å²) in [5.41, 5.74) is -0.179. The van der Waals surface area contributed by atoms with Crippen molar-refractivity contribution in [2.75, 3.05) is 13.2 Å². The van der Waals surface area contributed by atoms with Crippen molar-refractivity contribution in [3.05, 3.63) is 24.3 Å². The lowest BCUT2D eigenvalue weighted by Gasteiger charge is -2.01. The van der Waals surface area contributed by atoms with Crippen LogP contribution in [0.3, 0.4) is 0 Å². The predicted molar refractivity (Wildman–Crippen MR) is 49.0 cm³/mol. The highest BCUT2D eigenvalue weighted by atomic mass is 16.5. The van der Waals surface area contributed by atoms with Gasteiger partial charge in [-0.15, -0.1) is 6.58 Å². The fourth-order valence-corrected chi connectivity index (χ4v) is 0.739. The van der Waals surface area contributed by atoms with Gasteiger partial charge in [0, 0.05) is 18.1 Å². The van der Waals surface area contributed by atoms with Crippen LogP contribution < -0.4 is 0 Å². The number of hydrogen-bond donors (Lipinski definition) is 2. The van der Waals surface area contributed by atoms with Crippen LogP contribution in [0.1, 0.15) is 6.42 Å². The summed E-state index contributed by atoms with van der Waals surface area (Å²) < 4.78 is 4.93. The summed E-state index contributed by atoms with van der Waals surface area (Å²) in [6.07, 6.45) is 2.26. The van der Waals surface area contributed by atoms with Crippen LogP contribution in [0.4, 0.5) is 0 Å². The second kappa shape index (κ2) is 6.85. The first-order valence-corrected chi connectivity index (χ1v) is 3.93. The van der Waals surface area contributed by atoms with Gasteiger partial charge in [-0.2, -0.15) is 0 Å². The molecule has 0 amide bonds. The molecule has 0 rings (SSSR count). The third-order valence-corrected chi connectivity index (χ3v) is 1.32. The summed E-state index contributed by atoms with van der Waals surface area (Å²) in [7, 11) is 0. The topological polar surface area (TPSA) is 83.8 Å². The summed E-state index contributed by atoms with van der Waals surface area (Å²) in [4.78, 5) is 20.7. The van der Waals surface area contributed by atoms with Crippen molar-refractivity contribution in [1.29, 1.82) is 0 Å². The average Bonchev–Trinajstić information content (AvgIpc) is 2.09. The minimum Gasteiger partial charge on any atom is -0.478 e. The van der Waals surface area contributed by atoms with Crippen LogP contribution >= 0.6 is 0 Å². The SMILES string of the molecule is C=CCOCC/C(=C/C(=O)O)C(=O)O. The Balaban J connectivity index is 4.05. The molecule has 0 atom stereocenters. The Hall–Kier alpha value is -1.62. The van der Waals surface area contributed by atoms with Gasteiger partial charge in [-0.3, -0.25) is 0 Å². The second-order valence-electron chi connectivity index (χ2n) is 2.43. The molecular weight excluding hydrogens is 188 g/mol. The van der Waals surface area contributed by atoms with Crippen LogP contribution in [0.15, 0.2) is 24.3 Å². The third-order valence-electron chi connectivity index (χ3n) is 1.32. The molecule has 5 heteroatoms. The molecule has 2 N–H and O–H groups in total. The van der Waals surface area contributed by atoms with Crippen LogP contribution in [0.5, 0.6) is 0 Å². The molecule has 0 saturated carbocycles. The van der Waals surface area contributed by atoms with Crippen LogP contribution in [0.25, 0.3) is 0 Å². The molecule has 14 heavy (non-hydrogen) atoms. The zero-order chi connectivity index (χ0) is 11.0. The Morgan fingerprint density at radius 1 is 1.36 bits per heavy atom. The highest BCUT2D eigenvalue weighted by Crippen LogP contribution is 2.01. The lowest BCUT2D eigenvalue weighted by molar-refractivity contribution is -0.135. The summed E-state index contributed by atoms with van der Waals surface area (Å²) in [5.74, 6) is -2.51. The summed E-state index contributed by atoms with van der Waals surface area (Å²) in [5, 5.41) is 16.9. The molecule has 0 aromatic rings. The smallest absolute Gasteiger partial charge is 0.331 e. The maximum atomic E-state index is 10.5. The molecule has 0 saturated heterocycles. The van der Waals surface area contributed by atoms with Gasteiger partial charge in [-0.1, -0.05) is 6.08 Å². The van der Waals surface area contributed by atoms with Crippen LogP contribution in [-0.4, -0.2) is 35.4 Å². The van der Waals surface area contributed by atoms with E-state index in [-0.39, 0.29) is 18.6 Å². The van der Waals surface area contributed by atoms with E-state index in [1.165, 1.54) is 6.08 Å². The molecule has 0 aliphatic heterocycles. The third kappa shape index (κ3) is 5.96. The highest BCUT2D eigenvalue weighted by Gasteiger charge is 2.08. The fraction of sp³-hybridized carbons (Fsp3) is 0.333. The number of hydrogen-bond acceptors (Lipinski definition) is 3. The normalized spacial score (nSPS) is 11.0. The fourth-order valence-electron chi connectivity index (χ4n) is 0.739. The largest absolute Gasteiger partial charge is 0.478 e. The Bertz CT molecular complexity index is 254. The number of rotatable bonds is 7. The van der Waals surface area contributed by atoms with Gasteiger partial charge >= 0.3 is 11.9 Å². The summed E-state index contributed by atoms with van der Waals surface area (Å²) >= 11 is 0. The quantitative estimate of drug-likeness (QED) is 0.358. The van der Waals surface area contributed by atoms with E-state index in [1.54, 1.807) is 0 Å². The molecule has 0 aliphatic carbocycles. The van der Waals surface area contributed by atoms with Crippen LogP contribution in [0.2, 0.25) is 0 Å². The standard InChI is InChI=1S/C9H12O5/c1-2-4-14-5-3-7(9(12)13)6-8(10)11/h2,6H,1,3-5H2,(H,10,11)(H,12,13)/b7-6-. The molecule has 0 spiro atoms. The molecule has 0 unspecified atom stereocenters. The minimum atomic E-state index is -1.27. The maximum Gasteiger partial charge on any atom is 0.331 e. The van der Waals surface area contributed by atoms with Crippen molar-refractivity contribution in [3.63, 3.8) is 0 Å². The molecular formula is C9H12O5. The molecule has 0 aromatic carbocycles. The van der Waals surface area contributed by atoms with E-state index in [9.17, 15) is 9.59 Å². The number of ether oxygens (including phenoxy) is 1. The maximum absolute atomic E-state index is 10.5. The monoisotopic (exact) mass is 200 g/mol. The molecule has 78 valence electrons. The zero-order valence-electron chi connectivity index (χ0n) is 7.60. The first-order valence-electron chi connectivity index (χ1n) is 3.93. The molecule has 0 radical (unpaired) electrons. The van der Waals surface area contributed by atoms with Gasteiger partial charge in [0.2, 0.25) is 0 Å². The first-order chi connectivity index (χ1) is 6.57. The van der Waals surface area contributed by atoms with E-state index in [4.69, 9.17) is 14.9 Å². The predicted octanol–water partition coefficient (Wildman–Crippen LogP) is 0.675. The number of carbonyl (C=O) groups is 2. The van der Waals surface area contributed by atoms with Crippen molar-refractivity contribution < 1.29 is 24.5 Å². The van der Waals surface area contributed by atoms with Crippen molar-refractivity contribution >= 4 is 11.9 Å². The van der Waals surface area contributed by atoms with Gasteiger partial charge in [-0.05, 0) is 0 Å². The Morgan fingerprint density at radius 2 is 2.00 bits per heavy atom. The van der Waals surface area contributed by atoms with Gasteiger partial charge in [0.05, 0.1) is 13.2 Å². The van der Waals surface area contributed by atoms with Crippen LogP contribution in [-0.2, 0) is 14.3 Å². The van der Waals surface area contributed by atoms with Gasteiger partial charge < -0.3 is 14.9 Å². The summed E-state index contributed by atoms with van der Waals surface area (Å²) in [6.45, 7) is 3.89. The van der Waals surface area contributed by atoms with Gasteiger partial charge in [0.15, 0.2) is 0 Å². The van der Waals surface area contributed by atoms with E-state index in [0.29, 0.717) is 12.7 Å². The molecule has 5 nitrogen and oxygen atoms in total. The van der Waals surface area contributed by atoms with Gasteiger partial charge in [-0.25, -0.2) is 9.59 Å². The average molecular weight is 200 g/mol. The van der Waals surface area contributed by atoms with Crippen molar-refractivity contribution in [3.8, 4) is 0 Å². The highest BCUT2D eigenvalue weighted by molar-refractivity contribution is 5.94. The van der Waals surface area contributed by atoms with Crippen molar-refractivity contribution in [1.82, 2.24) is 0 Å². The second-order valence-corrected chi connectivity index (χ2v) is 2.43. The molecule has 0 aromatic heterocycles. The van der Waals surface area contributed by atoms with Crippen LogP contribution in [0, 0.1) is 0 Å². The molecule has 0 aliphatic rings. The Morgan fingerprint density at radius 3 is 2.43 bits per heavy atom. The van der Waals surface area contributed by atoms with Gasteiger partial charge in [0.25, 0.3) is 0 Å². The lowest BCUT2D eigenvalue weighted by Crippen LogP contribution is -2.07. The zero-order valence-corrected chi connectivity index (χ0v) is 7.60. The van der Waals surface area contributed by atoms with E-state index >= 15 is 0 Å². The molecule has 0 heterocycles. The number of carboxylic acid groups (broad SMARTS) is 2. The molecule has 0 fully saturated rings. The van der Waals surface area contributed by atoms with Gasteiger partial charge in [0.1, 0.15) is 0 Å². The summed E-state index contributed by atoms with van der Waals surface area (Å²) in [6, 6.07) is 0. The lowest BCUT2D eigenvalue weighted by atomic mass is 10.2. The molecule has 0 bridgehead atoms. The Kier molecular flexibility index (Phi) is 6.06. The minimum absolute atomic E-state index is 0.0650. The van der Waals surface area contributed by atoms with Crippen molar-refractivity contribution in [2.24, 2.45) is 0 Å².